The Labute approximate surface area is 152 Å². The van der Waals surface area contributed by atoms with Crippen LogP contribution in [0.25, 0.3) is 0 Å². The number of ether oxygens (including phenoxy) is 1. The van der Waals surface area contributed by atoms with Crippen molar-refractivity contribution >= 4 is 34.8 Å². The Morgan fingerprint density at radius 1 is 1.12 bits per heavy atom. The Morgan fingerprint density at radius 3 is 2.42 bits per heavy atom. The molecule has 6 heteroatoms. The van der Waals surface area contributed by atoms with Crippen LogP contribution in [-0.4, -0.2) is 31.0 Å². The number of benzene rings is 2. The lowest BCUT2D eigenvalue weighted by molar-refractivity contribution is -0.117. The molecule has 2 rings (SSSR count). The number of methoxy groups -OCH3 is 1. The molecule has 0 spiro atoms. The van der Waals surface area contributed by atoms with Gasteiger partial charge in [0.05, 0.1) is 19.3 Å². The molecule has 0 aliphatic heterocycles. The highest BCUT2D eigenvalue weighted by Crippen LogP contribution is 2.26. The molecule has 0 saturated carbocycles. The number of hydrogen-bond acceptors (Lipinski definition) is 3. The average Bonchev–Trinajstić information content (AvgIpc) is 2.57. The van der Waals surface area contributed by atoms with Crippen LogP contribution in [0, 0.1) is 0 Å². The number of para-hydroxylation sites is 2. The van der Waals surface area contributed by atoms with Crippen LogP contribution < -0.4 is 10.1 Å². The van der Waals surface area contributed by atoms with Crippen molar-refractivity contribution in [3.05, 3.63) is 58.1 Å². The van der Waals surface area contributed by atoms with E-state index in [2.05, 4.69) is 5.32 Å². The summed E-state index contributed by atoms with van der Waals surface area (Å²) in [4.78, 5) is 14.3. The quantitative estimate of drug-likeness (QED) is 0.786. The molecular formula is C18H20Cl2N2O2. The molecule has 128 valence electrons. The number of carbonyl (C=O) groups excluding carboxylic acids is 1. The molecule has 2 aromatic carbocycles. The van der Waals surface area contributed by atoms with Crippen molar-refractivity contribution in [3.8, 4) is 5.75 Å². The van der Waals surface area contributed by atoms with Gasteiger partial charge in [-0.25, -0.2) is 0 Å². The predicted molar refractivity (Wildman–Crippen MR) is 99.0 cm³/mol. The number of rotatable bonds is 7. The molecule has 0 fully saturated rings. The first-order valence-electron chi connectivity index (χ1n) is 7.63. The molecule has 4 nitrogen and oxygen atoms in total. The Morgan fingerprint density at radius 2 is 1.79 bits per heavy atom. The molecule has 2 aromatic rings. The van der Waals surface area contributed by atoms with E-state index >= 15 is 0 Å². The van der Waals surface area contributed by atoms with E-state index in [1.807, 2.05) is 24.0 Å². The van der Waals surface area contributed by atoms with Crippen molar-refractivity contribution in [2.24, 2.45) is 0 Å². The molecule has 0 saturated heterocycles. The number of likely N-dealkylation sites (N-methyl/N-ethyl adjacent to an activating group) is 1. The molecule has 1 N–H and O–H groups in total. The van der Waals surface area contributed by atoms with Gasteiger partial charge in [0, 0.05) is 22.2 Å². The normalized spacial score (nSPS) is 10.7. The molecule has 0 aliphatic rings. The van der Waals surface area contributed by atoms with Gasteiger partial charge in [-0.1, -0.05) is 48.3 Å². The van der Waals surface area contributed by atoms with Gasteiger partial charge in [0.25, 0.3) is 0 Å². The van der Waals surface area contributed by atoms with E-state index in [9.17, 15) is 4.79 Å². The largest absolute Gasteiger partial charge is 0.495 e. The van der Waals surface area contributed by atoms with E-state index in [0.29, 0.717) is 34.6 Å². The first-order valence-corrected chi connectivity index (χ1v) is 8.38. The third-order valence-electron chi connectivity index (χ3n) is 3.64. The van der Waals surface area contributed by atoms with Crippen molar-refractivity contribution in [3.63, 3.8) is 0 Å². The van der Waals surface area contributed by atoms with E-state index in [0.717, 1.165) is 5.56 Å². The smallest absolute Gasteiger partial charge is 0.238 e. The highest BCUT2D eigenvalue weighted by molar-refractivity contribution is 6.35. The monoisotopic (exact) mass is 366 g/mol. The summed E-state index contributed by atoms with van der Waals surface area (Å²) in [6, 6.07) is 12.7. The molecule has 0 aromatic heterocycles. The second kappa shape index (κ2) is 8.92. The lowest BCUT2D eigenvalue weighted by Crippen LogP contribution is -2.33. The zero-order valence-electron chi connectivity index (χ0n) is 13.7. The van der Waals surface area contributed by atoms with Gasteiger partial charge in [-0.05, 0) is 30.8 Å². The number of anilines is 1. The van der Waals surface area contributed by atoms with Gasteiger partial charge < -0.3 is 10.1 Å². The van der Waals surface area contributed by atoms with Crippen molar-refractivity contribution < 1.29 is 9.53 Å². The zero-order valence-corrected chi connectivity index (χ0v) is 15.2. The van der Waals surface area contributed by atoms with Crippen LogP contribution in [0.2, 0.25) is 10.0 Å². The average molecular weight is 367 g/mol. The van der Waals surface area contributed by atoms with E-state index < -0.39 is 0 Å². The summed E-state index contributed by atoms with van der Waals surface area (Å²) >= 11 is 12.4. The van der Waals surface area contributed by atoms with Gasteiger partial charge in [-0.3, -0.25) is 9.69 Å². The van der Waals surface area contributed by atoms with Crippen molar-refractivity contribution in [2.45, 2.75) is 13.5 Å². The standard InChI is InChI=1S/C18H20Cl2N2O2/c1-3-22(11-13-14(19)7-6-8-15(13)20)12-18(23)21-16-9-4-5-10-17(16)24-2/h4-10H,3,11-12H2,1-2H3,(H,21,23). The fraction of sp³-hybridized carbons (Fsp3) is 0.278. The summed E-state index contributed by atoms with van der Waals surface area (Å²) in [5.74, 6) is 0.507. The molecule has 0 aliphatic carbocycles. The van der Waals surface area contributed by atoms with Gasteiger partial charge in [0.2, 0.25) is 5.91 Å². The molecular weight excluding hydrogens is 347 g/mol. The summed E-state index contributed by atoms with van der Waals surface area (Å²) < 4.78 is 5.24. The molecule has 0 radical (unpaired) electrons. The van der Waals surface area contributed by atoms with Gasteiger partial charge in [0.15, 0.2) is 0 Å². The SMILES string of the molecule is CCN(CC(=O)Nc1ccccc1OC)Cc1c(Cl)cccc1Cl. The highest BCUT2D eigenvalue weighted by atomic mass is 35.5. The van der Waals surface area contributed by atoms with E-state index in [1.54, 1.807) is 37.4 Å². The Kier molecular flexibility index (Phi) is 6.91. The van der Waals surface area contributed by atoms with Crippen LogP contribution >= 0.6 is 23.2 Å². The number of hydrogen-bond donors (Lipinski definition) is 1. The lowest BCUT2D eigenvalue weighted by atomic mass is 10.2. The molecule has 0 atom stereocenters. The third kappa shape index (κ3) is 4.87. The minimum absolute atomic E-state index is 0.121. The Hall–Kier alpha value is -1.75. The third-order valence-corrected chi connectivity index (χ3v) is 4.35. The second-order valence-electron chi connectivity index (χ2n) is 5.25. The number of amides is 1. The fourth-order valence-electron chi connectivity index (χ4n) is 2.33. The second-order valence-corrected chi connectivity index (χ2v) is 6.07. The summed E-state index contributed by atoms with van der Waals surface area (Å²) in [7, 11) is 1.57. The number of carbonyl (C=O) groups is 1. The first-order chi connectivity index (χ1) is 11.5. The molecule has 1 amide bonds. The number of halogens is 2. The van der Waals surface area contributed by atoms with Crippen LogP contribution in [0.5, 0.6) is 5.75 Å². The van der Waals surface area contributed by atoms with Crippen molar-refractivity contribution in [2.75, 3.05) is 25.5 Å². The molecule has 0 heterocycles. The minimum atomic E-state index is -0.121. The fourth-order valence-corrected chi connectivity index (χ4v) is 2.84. The summed E-state index contributed by atoms with van der Waals surface area (Å²) in [6.07, 6.45) is 0. The number of nitrogens with zero attached hydrogens (tertiary/aromatic N) is 1. The summed E-state index contributed by atoms with van der Waals surface area (Å²) in [5, 5.41) is 4.08. The maximum absolute atomic E-state index is 12.3. The van der Waals surface area contributed by atoms with Gasteiger partial charge >= 0.3 is 0 Å². The topological polar surface area (TPSA) is 41.6 Å². The Bertz CT molecular complexity index is 687. The van der Waals surface area contributed by atoms with Crippen molar-refractivity contribution in [1.82, 2.24) is 4.90 Å². The molecule has 24 heavy (non-hydrogen) atoms. The van der Waals surface area contributed by atoms with E-state index in [-0.39, 0.29) is 12.5 Å². The van der Waals surface area contributed by atoms with E-state index in [1.165, 1.54) is 0 Å². The van der Waals surface area contributed by atoms with Crippen LogP contribution in [-0.2, 0) is 11.3 Å². The maximum Gasteiger partial charge on any atom is 0.238 e. The highest BCUT2D eigenvalue weighted by Gasteiger charge is 2.14. The zero-order chi connectivity index (χ0) is 17.5. The van der Waals surface area contributed by atoms with Crippen LogP contribution in [0.15, 0.2) is 42.5 Å². The van der Waals surface area contributed by atoms with Crippen LogP contribution in [0.4, 0.5) is 5.69 Å². The van der Waals surface area contributed by atoms with Gasteiger partial charge in [0.1, 0.15) is 5.75 Å². The molecule has 0 unspecified atom stereocenters. The minimum Gasteiger partial charge on any atom is -0.495 e. The summed E-state index contributed by atoms with van der Waals surface area (Å²) in [6.45, 7) is 3.42. The Balaban J connectivity index is 2.03. The van der Waals surface area contributed by atoms with Crippen LogP contribution in [0.1, 0.15) is 12.5 Å². The lowest BCUT2D eigenvalue weighted by Gasteiger charge is -2.21. The predicted octanol–water partition coefficient (Wildman–Crippen LogP) is 4.46. The van der Waals surface area contributed by atoms with Crippen molar-refractivity contribution in [1.29, 1.82) is 0 Å². The van der Waals surface area contributed by atoms with Gasteiger partial charge in [-0.15, -0.1) is 0 Å². The molecule has 0 bridgehead atoms. The maximum atomic E-state index is 12.3. The van der Waals surface area contributed by atoms with E-state index in [4.69, 9.17) is 27.9 Å². The summed E-state index contributed by atoms with van der Waals surface area (Å²) in [5.41, 5.74) is 1.48. The van der Waals surface area contributed by atoms with Crippen LogP contribution in [0.3, 0.4) is 0 Å². The van der Waals surface area contributed by atoms with Gasteiger partial charge in [-0.2, -0.15) is 0 Å². The first kappa shape index (κ1) is 18.6. The number of nitrogens with one attached hydrogen (secondary N) is 1.